The van der Waals surface area contributed by atoms with E-state index >= 15 is 0 Å². The summed E-state index contributed by atoms with van der Waals surface area (Å²) in [4.78, 5) is 21.4. The second kappa shape index (κ2) is 8.65. The highest BCUT2D eigenvalue weighted by Gasteiger charge is 2.26. The zero-order valence-corrected chi connectivity index (χ0v) is 19.4. The average Bonchev–Trinajstić information content (AvgIpc) is 3.28. The molecule has 0 aliphatic carbocycles. The van der Waals surface area contributed by atoms with Crippen LogP contribution in [0.15, 0.2) is 48.5 Å². The molecule has 1 aliphatic rings. The summed E-state index contributed by atoms with van der Waals surface area (Å²) in [6.07, 6.45) is 0.963. The van der Waals surface area contributed by atoms with E-state index in [2.05, 4.69) is 23.3 Å². The number of rotatable bonds is 3. The van der Waals surface area contributed by atoms with Crippen molar-refractivity contribution in [3.05, 3.63) is 69.6 Å². The van der Waals surface area contributed by atoms with Gasteiger partial charge in [0.15, 0.2) is 0 Å². The first kappa shape index (κ1) is 21.3. The molecule has 0 radical (unpaired) electrons. The van der Waals surface area contributed by atoms with Gasteiger partial charge in [-0.3, -0.25) is 4.79 Å². The van der Waals surface area contributed by atoms with Gasteiger partial charge in [-0.25, -0.2) is 4.98 Å². The molecule has 0 saturated carbocycles. The van der Waals surface area contributed by atoms with Gasteiger partial charge in [-0.2, -0.15) is 0 Å². The van der Waals surface area contributed by atoms with E-state index in [1.165, 1.54) is 10.4 Å². The van der Waals surface area contributed by atoms with Crippen LogP contribution in [0.2, 0.25) is 5.02 Å². The van der Waals surface area contributed by atoms with Crippen molar-refractivity contribution >= 4 is 67.8 Å². The van der Waals surface area contributed by atoms with Crippen molar-refractivity contribution in [2.75, 3.05) is 18.9 Å². The molecule has 30 heavy (non-hydrogen) atoms. The minimum Gasteiger partial charge on any atom is -0.313 e. The van der Waals surface area contributed by atoms with E-state index in [-0.39, 0.29) is 18.3 Å². The zero-order chi connectivity index (χ0) is 20.0. The minimum atomic E-state index is -0.129. The number of nitrogens with zero attached hydrogens (tertiary/aromatic N) is 2. The number of carbonyl (C=O) groups excluding carboxylic acids is 1. The van der Waals surface area contributed by atoms with Crippen molar-refractivity contribution in [3.8, 4) is 10.6 Å². The average molecular weight is 476 g/mol. The van der Waals surface area contributed by atoms with Crippen molar-refractivity contribution < 1.29 is 4.79 Å². The Kier molecular flexibility index (Phi) is 6.14. The van der Waals surface area contributed by atoms with Gasteiger partial charge in [0.2, 0.25) is 0 Å². The Labute approximate surface area is 193 Å². The van der Waals surface area contributed by atoms with Crippen LogP contribution in [0.1, 0.15) is 20.8 Å². The van der Waals surface area contributed by atoms with E-state index in [0.717, 1.165) is 45.3 Å². The number of amides is 1. The number of para-hydroxylation sites is 1. The van der Waals surface area contributed by atoms with Gasteiger partial charge < -0.3 is 10.2 Å². The minimum absolute atomic E-state index is 0. The summed E-state index contributed by atoms with van der Waals surface area (Å²) in [7, 11) is 2.13. The summed E-state index contributed by atoms with van der Waals surface area (Å²) in [5.41, 5.74) is 3.99. The first-order valence-corrected chi connectivity index (χ1v) is 11.4. The lowest BCUT2D eigenvalue weighted by Gasteiger charge is -2.22. The molecule has 5 rings (SSSR count). The van der Waals surface area contributed by atoms with E-state index < -0.39 is 0 Å². The van der Waals surface area contributed by atoms with Gasteiger partial charge in [-0.05, 0) is 55.4 Å². The third kappa shape index (κ3) is 3.98. The van der Waals surface area contributed by atoms with Crippen molar-refractivity contribution in [1.82, 2.24) is 9.88 Å². The number of aromatic nitrogens is 1. The van der Waals surface area contributed by atoms with Crippen LogP contribution in [0, 0.1) is 0 Å². The van der Waals surface area contributed by atoms with Crippen molar-refractivity contribution in [1.29, 1.82) is 0 Å². The zero-order valence-electron chi connectivity index (χ0n) is 16.1. The maximum absolute atomic E-state index is 12.9. The van der Waals surface area contributed by atoms with Crippen LogP contribution in [-0.2, 0) is 13.0 Å². The molecule has 8 heteroatoms. The Morgan fingerprint density at radius 2 is 1.90 bits per heavy atom. The first-order chi connectivity index (χ1) is 14.1. The molecule has 1 N–H and O–H groups in total. The molecule has 1 aliphatic heterocycles. The van der Waals surface area contributed by atoms with Crippen molar-refractivity contribution in [2.24, 2.45) is 0 Å². The predicted octanol–water partition coefficient (Wildman–Crippen LogP) is 6.34. The Morgan fingerprint density at radius 3 is 2.67 bits per heavy atom. The molecule has 4 aromatic rings. The van der Waals surface area contributed by atoms with E-state index in [4.69, 9.17) is 16.6 Å². The number of benzene rings is 2. The highest BCUT2D eigenvalue weighted by Crippen LogP contribution is 2.45. The summed E-state index contributed by atoms with van der Waals surface area (Å²) in [5, 5.41) is 5.61. The fourth-order valence-corrected chi connectivity index (χ4v) is 6.16. The molecule has 0 fully saturated rings. The monoisotopic (exact) mass is 475 g/mol. The van der Waals surface area contributed by atoms with Crippen LogP contribution in [0.4, 0.5) is 5.00 Å². The standard InChI is InChI=1S/C22H18ClN3OS2.ClH/c1-26-11-10-15-18(12-26)29-22(25-20(27)13-6-8-14(23)9-7-13)19(15)21-24-16-4-2-3-5-17(16)28-21;/h2-9H,10-12H2,1H3,(H,25,27);1H. The number of halogens is 2. The number of likely N-dealkylation sites (N-methyl/N-ethyl adjacent to an activating group) is 1. The Balaban J connectivity index is 0.00000218. The van der Waals surface area contributed by atoms with E-state index in [1.807, 2.05) is 18.2 Å². The van der Waals surface area contributed by atoms with Gasteiger partial charge in [0.25, 0.3) is 5.91 Å². The fourth-order valence-electron chi connectivity index (χ4n) is 3.60. The third-order valence-corrected chi connectivity index (χ3v) is 7.53. The van der Waals surface area contributed by atoms with Gasteiger partial charge in [0.05, 0.1) is 10.2 Å². The molecule has 2 aromatic heterocycles. The topological polar surface area (TPSA) is 45.2 Å². The van der Waals surface area contributed by atoms with Gasteiger partial charge in [-0.1, -0.05) is 23.7 Å². The molecule has 4 nitrogen and oxygen atoms in total. The van der Waals surface area contributed by atoms with Crippen LogP contribution in [0.25, 0.3) is 20.8 Å². The van der Waals surface area contributed by atoms with E-state index in [1.54, 1.807) is 46.9 Å². The molecule has 3 heterocycles. The number of hydrogen-bond donors (Lipinski definition) is 1. The molecular formula is C22H19Cl2N3OS2. The van der Waals surface area contributed by atoms with Crippen LogP contribution in [0.3, 0.4) is 0 Å². The number of hydrogen-bond acceptors (Lipinski definition) is 5. The lowest BCUT2D eigenvalue weighted by Crippen LogP contribution is -2.25. The van der Waals surface area contributed by atoms with Gasteiger partial charge in [0, 0.05) is 34.1 Å². The molecule has 0 unspecified atom stereocenters. The van der Waals surface area contributed by atoms with Crippen LogP contribution in [-0.4, -0.2) is 29.4 Å². The lowest BCUT2D eigenvalue weighted by molar-refractivity contribution is 0.102. The summed E-state index contributed by atoms with van der Waals surface area (Å²) >= 11 is 9.31. The normalized spacial score (nSPS) is 13.7. The van der Waals surface area contributed by atoms with Gasteiger partial charge >= 0.3 is 0 Å². The van der Waals surface area contributed by atoms with Crippen molar-refractivity contribution in [2.45, 2.75) is 13.0 Å². The number of nitrogens with one attached hydrogen (secondary N) is 1. The quantitative estimate of drug-likeness (QED) is 0.375. The highest BCUT2D eigenvalue weighted by molar-refractivity contribution is 7.23. The van der Waals surface area contributed by atoms with Gasteiger partial charge in [0.1, 0.15) is 10.0 Å². The third-order valence-electron chi connectivity index (χ3n) is 5.09. The SMILES string of the molecule is CN1CCc2c(sc(NC(=O)c3ccc(Cl)cc3)c2-c2nc3ccccc3s2)C1.Cl. The van der Waals surface area contributed by atoms with Crippen LogP contribution < -0.4 is 5.32 Å². The van der Waals surface area contributed by atoms with Crippen LogP contribution in [0.5, 0.6) is 0 Å². The fraction of sp³-hybridized carbons (Fsp3) is 0.182. The highest BCUT2D eigenvalue weighted by atomic mass is 35.5. The largest absolute Gasteiger partial charge is 0.313 e. The van der Waals surface area contributed by atoms with Gasteiger partial charge in [-0.15, -0.1) is 35.1 Å². The Morgan fingerprint density at radius 1 is 1.13 bits per heavy atom. The molecule has 0 spiro atoms. The molecule has 0 atom stereocenters. The maximum atomic E-state index is 12.9. The van der Waals surface area contributed by atoms with Crippen LogP contribution >= 0.6 is 46.7 Å². The Bertz CT molecular complexity index is 1180. The number of thiazole rings is 1. The van der Waals surface area contributed by atoms with E-state index in [0.29, 0.717) is 10.6 Å². The summed E-state index contributed by atoms with van der Waals surface area (Å²) in [5.74, 6) is -0.129. The number of fused-ring (bicyclic) bond motifs is 2. The second-order valence-corrected chi connectivity index (χ2v) is 9.72. The molecule has 1 amide bonds. The molecule has 0 bridgehead atoms. The molecule has 154 valence electrons. The molecule has 0 saturated heterocycles. The number of thiophene rings is 1. The Hall–Kier alpha value is -1.96. The lowest BCUT2D eigenvalue weighted by atomic mass is 10.0. The second-order valence-electron chi connectivity index (χ2n) is 7.14. The molecule has 2 aromatic carbocycles. The summed E-state index contributed by atoms with van der Waals surface area (Å²) in [6.45, 7) is 1.90. The predicted molar refractivity (Wildman–Crippen MR) is 130 cm³/mol. The smallest absolute Gasteiger partial charge is 0.256 e. The maximum Gasteiger partial charge on any atom is 0.256 e. The molecular weight excluding hydrogens is 457 g/mol. The first-order valence-electron chi connectivity index (χ1n) is 9.34. The number of carbonyl (C=O) groups is 1. The summed E-state index contributed by atoms with van der Waals surface area (Å²) < 4.78 is 1.16. The summed E-state index contributed by atoms with van der Waals surface area (Å²) in [6, 6.07) is 15.1. The number of anilines is 1. The van der Waals surface area contributed by atoms with Crippen molar-refractivity contribution in [3.63, 3.8) is 0 Å². The van der Waals surface area contributed by atoms with E-state index in [9.17, 15) is 4.79 Å².